The van der Waals surface area contributed by atoms with Gasteiger partial charge in [0.25, 0.3) is 5.91 Å². The Balaban J connectivity index is 1.74. The van der Waals surface area contributed by atoms with Crippen LogP contribution in [0.25, 0.3) is 16.9 Å². The summed E-state index contributed by atoms with van der Waals surface area (Å²) in [5, 5.41) is 7.56. The van der Waals surface area contributed by atoms with Crippen molar-refractivity contribution >= 4 is 5.91 Å². The first kappa shape index (κ1) is 17.6. The van der Waals surface area contributed by atoms with E-state index in [4.69, 9.17) is 9.15 Å². The minimum absolute atomic E-state index is 0.237. The topological polar surface area (TPSA) is 69.3 Å². The standard InChI is InChI=1S/C22H19N3O3/c1-27-20-12-6-5-11-18(20)21-19(22(26)23-14-17-10-7-13-28-17)15-25(24-21)16-8-3-2-4-9-16/h2-13,15H,14H2,1H3,(H,23,26). The lowest BCUT2D eigenvalue weighted by Gasteiger charge is -2.08. The summed E-state index contributed by atoms with van der Waals surface area (Å²) in [5.41, 5.74) is 2.63. The third-order valence-electron chi connectivity index (χ3n) is 4.34. The molecular weight excluding hydrogens is 354 g/mol. The van der Waals surface area contributed by atoms with Gasteiger partial charge in [0.1, 0.15) is 17.2 Å². The Morgan fingerprint density at radius 2 is 1.86 bits per heavy atom. The molecule has 140 valence electrons. The first-order valence-corrected chi connectivity index (χ1v) is 8.85. The summed E-state index contributed by atoms with van der Waals surface area (Å²) >= 11 is 0. The average molecular weight is 373 g/mol. The molecule has 1 amide bonds. The molecule has 2 aromatic heterocycles. The van der Waals surface area contributed by atoms with Gasteiger partial charge in [-0.1, -0.05) is 30.3 Å². The molecule has 2 aromatic carbocycles. The Kier molecular flexibility index (Phi) is 4.93. The van der Waals surface area contributed by atoms with Crippen molar-refractivity contribution in [1.82, 2.24) is 15.1 Å². The molecule has 0 spiro atoms. The van der Waals surface area contributed by atoms with Gasteiger partial charge in [0.15, 0.2) is 0 Å². The van der Waals surface area contributed by atoms with Crippen LogP contribution in [0.1, 0.15) is 16.1 Å². The lowest BCUT2D eigenvalue weighted by Crippen LogP contribution is -2.22. The Hall–Kier alpha value is -3.80. The fourth-order valence-corrected chi connectivity index (χ4v) is 2.97. The van der Waals surface area contributed by atoms with Gasteiger partial charge in [-0.15, -0.1) is 0 Å². The fourth-order valence-electron chi connectivity index (χ4n) is 2.97. The molecule has 0 aliphatic heterocycles. The SMILES string of the molecule is COc1ccccc1-c1nn(-c2ccccc2)cc1C(=O)NCc1ccco1. The lowest BCUT2D eigenvalue weighted by atomic mass is 10.1. The normalized spacial score (nSPS) is 10.6. The summed E-state index contributed by atoms with van der Waals surface area (Å²) in [6.45, 7) is 0.299. The van der Waals surface area contributed by atoms with Gasteiger partial charge in [-0.2, -0.15) is 5.10 Å². The Bertz CT molecular complexity index is 1070. The van der Waals surface area contributed by atoms with Crippen LogP contribution in [0.2, 0.25) is 0 Å². The molecule has 6 heteroatoms. The molecule has 6 nitrogen and oxygen atoms in total. The van der Waals surface area contributed by atoms with Crippen molar-refractivity contribution < 1.29 is 13.9 Å². The molecule has 0 saturated carbocycles. The molecule has 0 unspecified atom stereocenters. The number of para-hydroxylation sites is 2. The molecule has 2 heterocycles. The highest BCUT2D eigenvalue weighted by Crippen LogP contribution is 2.31. The van der Waals surface area contributed by atoms with Gasteiger partial charge >= 0.3 is 0 Å². The van der Waals surface area contributed by atoms with Gasteiger partial charge in [0.2, 0.25) is 0 Å². The predicted molar refractivity (Wildman–Crippen MR) is 105 cm³/mol. The molecule has 4 aromatic rings. The minimum Gasteiger partial charge on any atom is -0.496 e. The lowest BCUT2D eigenvalue weighted by molar-refractivity contribution is 0.0948. The molecule has 0 radical (unpaired) electrons. The number of nitrogens with one attached hydrogen (secondary N) is 1. The minimum atomic E-state index is -0.237. The summed E-state index contributed by atoms with van der Waals surface area (Å²) in [6.07, 6.45) is 3.31. The van der Waals surface area contributed by atoms with Gasteiger partial charge in [-0.3, -0.25) is 4.79 Å². The second-order valence-corrected chi connectivity index (χ2v) is 6.13. The number of furan rings is 1. The van der Waals surface area contributed by atoms with Gasteiger partial charge in [0.05, 0.1) is 31.2 Å². The molecule has 28 heavy (non-hydrogen) atoms. The van der Waals surface area contributed by atoms with E-state index < -0.39 is 0 Å². The van der Waals surface area contributed by atoms with Crippen LogP contribution in [0.3, 0.4) is 0 Å². The average Bonchev–Trinajstić information content (AvgIpc) is 3.43. The number of hydrogen-bond donors (Lipinski definition) is 1. The van der Waals surface area contributed by atoms with Crippen LogP contribution in [0.4, 0.5) is 0 Å². The number of rotatable bonds is 6. The number of aromatic nitrogens is 2. The number of carbonyl (C=O) groups is 1. The fraction of sp³-hybridized carbons (Fsp3) is 0.0909. The van der Waals surface area contributed by atoms with E-state index in [0.717, 1.165) is 11.3 Å². The number of benzene rings is 2. The van der Waals surface area contributed by atoms with E-state index in [1.165, 1.54) is 0 Å². The zero-order valence-electron chi connectivity index (χ0n) is 15.3. The Morgan fingerprint density at radius 1 is 1.07 bits per heavy atom. The largest absolute Gasteiger partial charge is 0.496 e. The molecule has 0 aliphatic carbocycles. The maximum absolute atomic E-state index is 12.9. The number of amides is 1. The number of methoxy groups -OCH3 is 1. The van der Waals surface area contributed by atoms with Gasteiger partial charge in [0, 0.05) is 11.8 Å². The van der Waals surface area contributed by atoms with Gasteiger partial charge in [-0.05, 0) is 36.4 Å². The van der Waals surface area contributed by atoms with Crippen molar-refractivity contribution in [3.05, 3.63) is 90.5 Å². The van der Waals surface area contributed by atoms with E-state index in [9.17, 15) is 4.79 Å². The third-order valence-corrected chi connectivity index (χ3v) is 4.34. The zero-order chi connectivity index (χ0) is 19.3. The maximum Gasteiger partial charge on any atom is 0.255 e. The quantitative estimate of drug-likeness (QED) is 0.553. The van der Waals surface area contributed by atoms with E-state index in [1.807, 2.05) is 60.7 Å². The summed E-state index contributed by atoms with van der Waals surface area (Å²) in [6, 6.07) is 20.8. The molecule has 0 fully saturated rings. The van der Waals surface area contributed by atoms with Crippen LogP contribution >= 0.6 is 0 Å². The van der Waals surface area contributed by atoms with Crippen molar-refractivity contribution in [3.63, 3.8) is 0 Å². The van der Waals surface area contributed by atoms with Crippen LogP contribution in [0.15, 0.2) is 83.6 Å². The van der Waals surface area contributed by atoms with E-state index in [0.29, 0.717) is 29.3 Å². The number of hydrogen-bond acceptors (Lipinski definition) is 4. The van der Waals surface area contributed by atoms with E-state index in [1.54, 1.807) is 30.3 Å². The number of ether oxygens (including phenoxy) is 1. The summed E-state index contributed by atoms with van der Waals surface area (Å²) in [5.74, 6) is 1.10. The highest BCUT2D eigenvalue weighted by molar-refractivity contribution is 6.00. The highest BCUT2D eigenvalue weighted by Gasteiger charge is 2.21. The van der Waals surface area contributed by atoms with Crippen molar-refractivity contribution in [2.75, 3.05) is 7.11 Å². The van der Waals surface area contributed by atoms with Crippen LogP contribution < -0.4 is 10.1 Å². The summed E-state index contributed by atoms with van der Waals surface area (Å²) < 4.78 is 12.5. The van der Waals surface area contributed by atoms with Gasteiger partial charge < -0.3 is 14.5 Å². The van der Waals surface area contributed by atoms with E-state index in [2.05, 4.69) is 10.4 Å². The van der Waals surface area contributed by atoms with Crippen molar-refractivity contribution in [2.24, 2.45) is 0 Å². The van der Waals surface area contributed by atoms with Crippen LogP contribution in [-0.4, -0.2) is 22.8 Å². The first-order valence-electron chi connectivity index (χ1n) is 8.85. The molecule has 0 atom stereocenters. The second-order valence-electron chi connectivity index (χ2n) is 6.13. The summed E-state index contributed by atoms with van der Waals surface area (Å²) in [4.78, 5) is 12.9. The molecule has 0 aliphatic rings. The molecular formula is C22H19N3O3. The maximum atomic E-state index is 12.9. The Labute approximate surface area is 162 Å². The monoisotopic (exact) mass is 373 g/mol. The van der Waals surface area contributed by atoms with E-state index in [-0.39, 0.29) is 5.91 Å². The second kappa shape index (κ2) is 7.84. The molecule has 4 rings (SSSR count). The molecule has 0 bridgehead atoms. The third kappa shape index (κ3) is 3.53. The number of nitrogens with zero attached hydrogens (tertiary/aromatic N) is 2. The van der Waals surface area contributed by atoms with Crippen molar-refractivity contribution in [3.8, 4) is 22.7 Å². The number of carbonyl (C=O) groups excluding carboxylic acids is 1. The predicted octanol–water partition coefficient (Wildman–Crippen LogP) is 4.07. The van der Waals surface area contributed by atoms with Crippen molar-refractivity contribution in [2.45, 2.75) is 6.54 Å². The molecule has 1 N–H and O–H groups in total. The highest BCUT2D eigenvalue weighted by atomic mass is 16.5. The van der Waals surface area contributed by atoms with Crippen LogP contribution in [0.5, 0.6) is 5.75 Å². The first-order chi connectivity index (χ1) is 13.8. The Morgan fingerprint density at radius 3 is 2.61 bits per heavy atom. The van der Waals surface area contributed by atoms with Crippen LogP contribution in [0, 0.1) is 0 Å². The van der Waals surface area contributed by atoms with Gasteiger partial charge in [-0.25, -0.2) is 4.68 Å². The smallest absolute Gasteiger partial charge is 0.255 e. The molecule has 0 saturated heterocycles. The zero-order valence-corrected chi connectivity index (χ0v) is 15.3. The van der Waals surface area contributed by atoms with Crippen molar-refractivity contribution in [1.29, 1.82) is 0 Å². The van der Waals surface area contributed by atoms with Crippen LogP contribution in [-0.2, 0) is 6.54 Å². The summed E-state index contributed by atoms with van der Waals surface area (Å²) in [7, 11) is 1.60. The van der Waals surface area contributed by atoms with E-state index >= 15 is 0 Å².